The number of primary amides is 1. The summed E-state index contributed by atoms with van der Waals surface area (Å²) in [6, 6.07) is -1.62. The molecule has 146 valence electrons. The number of likely N-dealkylation sites (N-methyl/N-ethyl adjacent to an activating group) is 1. The maximum Gasteiger partial charge on any atom is 0.318 e. The van der Waals surface area contributed by atoms with Gasteiger partial charge in [-0.1, -0.05) is 0 Å². The van der Waals surface area contributed by atoms with Gasteiger partial charge in [0.2, 0.25) is 11.9 Å². The normalized spacial score (nSPS) is 17.2. The second-order valence-electron chi connectivity index (χ2n) is 5.42. The Labute approximate surface area is 159 Å². The third-order valence-electron chi connectivity index (χ3n) is 3.58. The van der Waals surface area contributed by atoms with Crippen molar-refractivity contribution in [1.29, 1.82) is 0 Å². The number of aliphatic imine (C=N–C) groups is 1. The highest BCUT2D eigenvalue weighted by Gasteiger charge is 2.30. The van der Waals surface area contributed by atoms with Crippen molar-refractivity contribution in [2.24, 2.45) is 22.2 Å². The van der Waals surface area contributed by atoms with Crippen LogP contribution in [0.4, 0.5) is 4.79 Å². The number of hydrogen-bond donors (Lipinski definition) is 5. The van der Waals surface area contributed by atoms with Crippen molar-refractivity contribution in [2.75, 3.05) is 20.1 Å². The summed E-state index contributed by atoms with van der Waals surface area (Å²) in [6.07, 6.45) is 2.38. The van der Waals surface area contributed by atoms with Crippen LogP contribution >= 0.6 is 24.8 Å². The first kappa shape index (κ1) is 25.6. The van der Waals surface area contributed by atoms with Crippen molar-refractivity contribution in [3.8, 4) is 0 Å². The van der Waals surface area contributed by atoms with Crippen LogP contribution in [-0.2, 0) is 9.59 Å². The molecule has 0 aromatic carbocycles. The topological polar surface area (TPSA) is 169 Å². The summed E-state index contributed by atoms with van der Waals surface area (Å²) in [5, 5.41) is 4.93. The van der Waals surface area contributed by atoms with Gasteiger partial charge in [0.15, 0.2) is 0 Å². The lowest BCUT2D eigenvalue weighted by atomic mass is 10.1. The third-order valence-corrected chi connectivity index (χ3v) is 3.58. The average molecular weight is 400 g/mol. The Hall–Kier alpha value is -1.62. The third kappa shape index (κ3) is 8.87. The summed E-state index contributed by atoms with van der Waals surface area (Å²) in [4.78, 5) is 39.8. The molecule has 0 aromatic rings. The minimum Gasteiger partial charge on any atom is -0.353 e. The van der Waals surface area contributed by atoms with E-state index in [2.05, 4.69) is 15.6 Å². The maximum absolute atomic E-state index is 12.2. The Morgan fingerprint density at radius 1 is 1.40 bits per heavy atom. The summed E-state index contributed by atoms with van der Waals surface area (Å²) in [7, 11) is 1.54. The van der Waals surface area contributed by atoms with E-state index in [0.717, 1.165) is 12.8 Å². The molecule has 1 aliphatic rings. The predicted octanol–water partition coefficient (Wildman–Crippen LogP) is -1.34. The van der Waals surface area contributed by atoms with E-state index in [9.17, 15) is 14.4 Å². The fourth-order valence-electron chi connectivity index (χ4n) is 2.18. The number of nitrogens with one attached hydrogen (secondary N) is 2. The zero-order valence-electron chi connectivity index (χ0n) is 14.1. The van der Waals surface area contributed by atoms with Gasteiger partial charge in [-0.2, -0.15) is 4.99 Å². The first-order valence-corrected chi connectivity index (χ1v) is 7.49. The fraction of sp³-hybridized carbons (Fsp3) is 0.692. The van der Waals surface area contributed by atoms with E-state index in [1.165, 1.54) is 4.90 Å². The first-order valence-electron chi connectivity index (χ1n) is 7.49. The van der Waals surface area contributed by atoms with Crippen molar-refractivity contribution < 1.29 is 14.4 Å². The molecule has 0 saturated carbocycles. The predicted molar refractivity (Wildman–Crippen MR) is 99.7 cm³/mol. The molecule has 0 aliphatic carbocycles. The molecule has 1 unspecified atom stereocenters. The largest absolute Gasteiger partial charge is 0.353 e. The average Bonchev–Trinajstić information content (AvgIpc) is 2.49. The van der Waals surface area contributed by atoms with Gasteiger partial charge in [-0.3, -0.25) is 14.9 Å². The van der Waals surface area contributed by atoms with E-state index in [1.54, 1.807) is 7.05 Å². The van der Waals surface area contributed by atoms with Crippen LogP contribution in [-0.4, -0.2) is 60.9 Å². The Kier molecular flexibility index (Phi) is 13.0. The van der Waals surface area contributed by atoms with Gasteiger partial charge in [0.1, 0.15) is 6.04 Å². The van der Waals surface area contributed by atoms with Crippen LogP contribution in [0.25, 0.3) is 0 Å². The molecule has 1 rings (SSSR count). The minimum absolute atomic E-state index is 0. The molecule has 2 atom stereocenters. The van der Waals surface area contributed by atoms with Crippen molar-refractivity contribution in [3.05, 3.63) is 0 Å². The van der Waals surface area contributed by atoms with Crippen LogP contribution < -0.4 is 27.8 Å². The Morgan fingerprint density at radius 3 is 2.56 bits per heavy atom. The second kappa shape index (κ2) is 12.7. The van der Waals surface area contributed by atoms with Crippen LogP contribution in [0, 0.1) is 0 Å². The number of carbonyl (C=O) groups excluding carboxylic acids is 3. The molecular formula is C13H27Cl2N7O3. The van der Waals surface area contributed by atoms with Gasteiger partial charge in [-0.25, -0.2) is 4.79 Å². The molecule has 0 aromatic heterocycles. The van der Waals surface area contributed by atoms with Gasteiger partial charge in [0.25, 0.3) is 5.91 Å². The monoisotopic (exact) mass is 399 g/mol. The molecule has 0 bridgehead atoms. The molecule has 8 N–H and O–H groups in total. The number of guanidine groups is 1. The number of carbonyl (C=O) groups is 3. The first-order chi connectivity index (χ1) is 10.8. The van der Waals surface area contributed by atoms with Gasteiger partial charge in [0.05, 0.1) is 0 Å². The summed E-state index contributed by atoms with van der Waals surface area (Å²) in [6.45, 7) is 0.725. The van der Waals surface area contributed by atoms with Crippen LogP contribution in [0.1, 0.15) is 25.7 Å². The summed E-state index contributed by atoms with van der Waals surface area (Å²) >= 11 is 0. The lowest BCUT2D eigenvalue weighted by molar-refractivity contribution is -0.137. The van der Waals surface area contributed by atoms with E-state index < -0.39 is 18.0 Å². The Bertz CT molecular complexity index is 490. The number of rotatable bonds is 7. The van der Waals surface area contributed by atoms with Gasteiger partial charge in [-0.05, 0) is 25.8 Å². The number of urea groups is 1. The zero-order valence-corrected chi connectivity index (χ0v) is 15.7. The number of halogens is 2. The van der Waals surface area contributed by atoms with Crippen LogP contribution in [0.2, 0.25) is 0 Å². The molecule has 25 heavy (non-hydrogen) atoms. The van der Waals surface area contributed by atoms with Gasteiger partial charge in [0, 0.05) is 26.1 Å². The van der Waals surface area contributed by atoms with E-state index in [0.29, 0.717) is 13.0 Å². The van der Waals surface area contributed by atoms with Gasteiger partial charge < -0.3 is 27.4 Å². The second-order valence-corrected chi connectivity index (χ2v) is 5.42. The molecule has 10 nitrogen and oxygen atoms in total. The fourth-order valence-corrected chi connectivity index (χ4v) is 2.18. The highest BCUT2D eigenvalue weighted by atomic mass is 35.5. The van der Waals surface area contributed by atoms with E-state index in [1.807, 2.05) is 0 Å². The molecule has 1 heterocycles. The van der Waals surface area contributed by atoms with Gasteiger partial charge in [-0.15, -0.1) is 24.8 Å². The van der Waals surface area contributed by atoms with Crippen LogP contribution in [0.5, 0.6) is 0 Å². The summed E-state index contributed by atoms with van der Waals surface area (Å²) < 4.78 is 0. The van der Waals surface area contributed by atoms with E-state index in [-0.39, 0.29) is 55.7 Å². The van der Waals surface area contributed by atoms with Gasteiger partial charge >= 0.3 is 6.03 Å². The Balaban J connectivity index is 0. The van der Waals surface area contributed by atoms with Crippen LogP contribution in [0.15, 0.2) is 4.99 Å². The highest BCUT2D eigenvalue weighted by molar-refractivity contribution is 6.04. The quantitative estimate of drug-likeness (QED) is 0.354. The molecule has 0 saturated heterocycles. The lowest BCUT2D eigenvalue weighted by Crippen LogP contribution is -2.56. The highest BCUT2D eigenvalue weighted by Crippen LogP contribution is 2.08. The number of hydrogen-bond acceptors (Lipinski definition) is 6. The molecule has 1 aliphatic heterocycles. The number of nitrogens with two attached hydrogens (primary N) is 3. The summed E-state index contributed by atoms with van der Waals surface area (Å²) in [5.41, 5.74) is 16.3. The van der Waals surface area contributed by atoms with Crippen molar-refractivity contribution in [3.63, 3.8) is 0 Å². The lowest BCUT2D eigenvalue weighted by Gasteiger charge is -2.29. The Morgan fingerprint density at radius 2 is 2.04 bits per heavy atom. The number of nitrogens with zero attached hydrogens (tertiary/aromatic N) is 2. The molecule has 0 spiro atoms. The molecule has 0 radical (unpaired) electrons. The van der Waals surface area contributed by atoms with Crippen molar-refractivity contribution in [1.82, 2.24) is 15.5 Å². The minimum atomic E-state index is -0.821. The van der Waals surface area contributed by atoms with Crippen molar-refractivity contribution in [2.45, 2.75) is 37.8 Å². The summed E-state index contributed by atoms with van der Waals surface area (Å²) in [5.74, 6) is -0.714. The standard InChI is InChI=1S/C13H25N7O3.2ClH/c1-20(10(21)5-4-8(15)3-2-6-14)9-7-17-13(18-11(9)22)19-12(16)23;;/h8-9H,2-7,14-15H2,1H3,(H4,16,17,18,19,22,23);2*1H/t8-,9?;;/m0../s1. The SMILES string of the molecule is CN(C(=O)CC[C@@H](N)CCCN)C1CNC(NC(N)=O)=NC1=O.Cl.Cl. The van der Waals surface area contributed by atoms with E-state index >= 15 is 0 Å². The molecule has 4 amide bonds. The molecule has 12 heteroatoms. The maximum atomic E-state index is 12.2. The van der Waals surface area contributed by atoms with E-state index in [4.69, 9.17) is 17.2 Å². The van der Waals surface area contributed by atoms with Crippen LogP contribution in [0.3, 0.4) is 0 Å². The molecular weight excluding hydrogens is 373 g/mol. The number of amides is 4. The zero-order chi connectivity index (χ0) is 17.4. The smallest absolute Gasteiger partial charge is 0.318 e. The molecule has 0 fully saturated rings. The van der Waals surface area contributed by atoms with Crippen molar-refractivity contribution >= 4 is 48.6 Å².